The number of anilines is 1. The topological polar surface area (TPSA) is 60.2 Å². The molecule has 1 aliphatic rings. The van der Waals surface area contributed by atoms with Crippen LogP contribution in [0.1, 0.15) is 24.1 Å². The minimum Gasteiger partial charge on any atom is -0.389 e. The summed E-state index contributed by atoms with van der Waals surface area (Å²) in [4.78, 5) is 4.79. The van der Waals surface area contributed by atoms with Crippen molar-refractivity contribution >= 4 is 23.0 Å². The van der Waals surface area contributed by atoms with Crippen molar-refractivity contribution in [3.05, 3.63) is 23.4 Å². The Hall–Kier alpha value is -1.20. The van der Waals surface area contributed by atoms with Crippen LogP contribution >= 0.6 is 12.2 Å². The Bertz CT molecular complexity index is 416. The molecule has 1 aliphatic heterocycles. The molecule has 1 fully saturated rings. The number of nitrogens with zero attached hydrogens (tertiary/aromatic N) is 1. The molecule has 3 N–H and O–H groups in total. The van der Waals surface area contributed by atoms with Crippen molar-refractivity contribution in [1.82, 2.24) is 4.98 Å². The van der Waals surface area contributed by atoms with E-state index in [0.717, 1.165) is 43.1 Å². The first kappa shape index (κ1) is 12.3. The summed E-state index contributed by atoms with van der Waals surface area (Å²) in [5, 5.41) is 3.27. The average molecular weight is 251 g/mol. The van der Waals surface area contributed by atoms with Crippen molar-refractivity contribution < 1.29 is 4.74 Å². The highest BCUT2D eigenvalue weighted by Gasteiger charge is 2.16. The summed E-state index contributed by atoms with van der Waals surface area (Å²) in [6.07, 6.45) is 2.51. The molecule has 1 unspecified atom stereocenters. The van der Waals surface area contributed by atoms with Gasteiger partial charge in [-0.15, -0.1) is 0 Å². The molecule has 2 heterocycles. The number of aryl methyl sites for hydroxylation is 1. The van der Waals surface area contributed by atoms with Gasteiger partial charge in [0.1, 0.15) is 10.8 Å². The van der Waals surface area contributed by atoms with Crippen molar-refractivity contribution in [2.75, 3.05) is 18.5 Å². The van der Waals surface area contributed by atoms with Crippen molar-refractivity contribution in [2.45, 2.75) is 25.9 Å². The third kappa shape index (κ3) is 3.14. The van der Waals surface area contributed by atoms with Crippen LogP contribution < -0.4 is 11.1 Å². The SMILES string of the molecule is Cc1ccc(C(N)=S)c(NCC2CCCO2)n1. The molecule has 0 radical (unpaired) electrons. The highest BCUT2D eigenvalue weighted by molar-refractivity contribution is 7.80. The van der Waals surface area contributed by atoms with Crippen LogP contribution in [-0.4, -0.2) is 29.2 Å². The van der Waals surface area contributed by atoms with Crippen LogP contribution in [0.4, 0.5) is 5.82 Å². The third-order valence-electron chi connectivity index (χ3n) is 2.82. The monoisotopic (exact) mass is 251 g/mol. The molecular formula is C12H17N3OS. The molecular weight excluding hydrogens is 234 g/mol. The third-order valence-corrected chi connectivity index (χ3v) is 3.04. The minimum atomic E-state index is 0.275. The smallest absolute Gasteiger partial charge is 0.136 e. The number of nitrogens with two attached hydrogens (primary N) is 1. The lowest BCUT2D eigenvalue weighted by Gasteiger charge is -2.14. The molecule has 0 saturated carbocycles. The molecule has 92 valence electrons. The van der Waals surface area contributed by atoms with E-state index in [-0.39, 0.29) is 6.10 Å². The maximum absolute atomic E-state index is 5.67. The second kappa shape index (κ2) is 5.42. The van der Waals surface area contributed by atoms with Gasteiger partial charge in [0.25, 0.3) is 0 Å². The molecule has 0 bridgehead atoms. The standard InChI is InChI=1S/C12H17N3OS/c1-8-4-5-10(11(13)17)12(15-8)14-7-9-3-2-6-16-9/h4-5,9H,2-3,6-7H2,1H3,(H2,13,17)(H,14,15). The number of aromatic nitrogens is 1. The van der Waals surface area contributed by atoms with Gasteiger partial charge in [-0.3, -0.25) is 0 Å². The van der Waals surface area contributed by atoms with E-state index < -0.39 is 0 Å². The Morgan fingerprint density at radius 2 is 2.47 bits per heavy atom. The molecule has 1 saturated heterocycles. The zero-order valence-electron chi connectivity index (χ0n) is 9.90. The number of thiocarbonyl (C=S) groups is 1. The fraction of sp³-hybridized carbons (Fsp3) is 0.500. The predicted molar refractivity (Wildman–Crippen MR) is 72.3 cm³/mol. The molecule has 0 aromatic carbocycles. The largest absolute Gasteiger partial charge is 0.389 e. The van der Waals surface area contributed by atoms with E-state index in [1.54, 1.807) is 0 Å². The quantitative estimate of drug-likeness (QED) is 0.796. The van der Waals surface area contributed by atoms with E-state index in [4.69, 9.17) is 22.7 Å². The van der Waals surface area contributed by atoms with E-state index in [1.165, 1.54) is 0 Å². The van der Waals surface area contributed by atoms with Crippen LogP contribution in [0.15, 0.2) is 12.1 Å². The maximum atomic E-state index is 5.67. The predicted octanol–water partition coefficient (Wildman–Crippen LogP) is 1.62. The van der Waals surface area contributed by atoms with E-state index in [2.05, 4.69) is 10.3 Å². The fourth-order valence-corrected chi connectivity index (χ4v) is 2.07. The van der Waals surface area contributed by atoms with Crippen molar-refractivity contribution in [2.24, 2.45) is 5.73 Å². The number of pyridine rings is 1. The Kier molecular flexibility index (Phi) is 3.91. The van der Waals surface area contributed by atoms with Gasteiger partial charge >= 0.3 is 0 Å². The Balaban J connectivity index is 2.07. The summed E-state index contributed by atoms with van der Waals surface area (Å²) in [6, 6.07) is 3.81. The van der Waals surface area contributed by atoms with Gasteiger partial charge in [-0.05, 0) is 31.9 Å². The van der Waals surface area contributed by atoms with E-state index in [0.29, 0.717) is 4.99 Å². The molecule has 0 aliphatic carbocycles. The van der Waals surface area contributed by atoms with Crippen molar-refractivity contribution in [1.29, 1.82) is 0 Å². The van der Waals surface area contributed by atoms with Gasteiger partial charge in [-0.1, -0.05) is 12.2 Å². The van der Waals surface area contributed by atoms with Gasteiger partial charge in [0.05, 0.1) is 11.7 Å². The molecule has 2 rings (SSSR count). The molecule has 1 aromatic heterocycles. The van der Waals surface area contributed by atoms with Gasteiger partial charge < -0.3 is 15.8 Å². The Morgan fingerprint density at radius 3 is 3.12 bits per heavy atom. The van der Waals surface area contributed by atoms with Gasteiger partial charge in [-0.2, -0.15) is 0 Å². The van der Waals surface area contributed by atoms with E-state index in [9.17, 15) is 0 Å². The van der Waals surface area contributed by atoms with Crippen LogP contribution in [0.2, 0.25) is 0 Å². The van der Waals surface area contributed by atoms with E-state index in [1.807, 2.05) is 19.1 Å². The second-order valence-electron chi connectivity index (χ2n) is 4.23. The summed E-state index contributed by atoms with van der Waals surface area (Å²) in [5.74, 6) is 0.757. The zero-order valence-corrected chi connectivity index (χ0v) is 10.7. The number of rotatable bonds is 4. The summed E-state index contributed by atoms with van der Waals surface area (Å²) in [6.45, 7) is 3.56. The lowest BCUT2D eigenvalue weighted by atomic mass is 10.2. The first-order valence-electron chi connectivity index (χ1n) is 5.80. The van der Waals surface area contributed by atoms with Crippen LogP contribution in [-0.2, 0) is 4.74 Å². The number of hydrogen-bond acceptors (Lipinski definition) is 4. The molecule has 17 heavy (non-hydrogen) atoms. The molecule has 4 nitrogen and oxygen atoms in total. The molecule has 1 aromatic rings. The van der Waals surface area contributed by atoms with Crippen molar-refractivity contribution in [3.63, 3.8) is 0 Å². The number of ether oxygens (including phenoxy) is 1. The molecule has 5 heteroatoms. The molecule has 0 spiro atoms. The van der Waals surface area contributed by atoms with Gasteiger partial charge in [0.2, 0.25) is 0 Å². The Labute approximate surface area is 107 Å². The normalized spacial score (nSPS) is 19.2. The maximum Gasteiger partial charge on any atom is 0.136 e. The number of nitrogens with one attached hydrogen (secondary N) is 1. The van der Waals surface area contributed by atoms with Crippen LogP contribution in [0.3, 0.4) is 0 Å². The van der Waals surface area contributed by atoms with Crippen molar-refractivity contribution in [3.8, 4) is 0 Å². The van der Waals surface area contributed by atoms with Gasteiger partial charge in [0, 0.05) is 18.8 Å². The number of hydrogen-bond donors (Lipinski definition) is 2. The highest BCUT2D eigenvalue weighted by Crippen LogP contribution is 2.16. The van der Waals surface area contributed by atoms with Crippen LogP contribution in [0, 0.1) is 6.92 Å². The summed E-state index contributed by atoms with van der Waals surface area (Å²) < 4.78 is 5.55. The lowest BCUT2D eigenvalue weighted by Crippen LogP contribution is -2.22. The van der Waals surface area contributed by atoms with E-state index >= 15 is 0 Å². The summed E-state index contributed by atoms with van der Waals surface area (Å²) in [5.41, 5.74) is 7.41. The van der Waals surface area contributed by atoms with Gasteiger partial charge in [-0.25, -0.2) is 4.98 Å². The average Bonchev–Trinajstić information content (AvgIpc) is 2.78. The summed E-state index contributed by atoms with van der Waals surface area (Å²) in [7, 11) is 0. The molecule has 0 amide bonds. The van der Waals surface area contributed by atoms with Gasteiger partial charge in [0.15, 0.2) is 0 Å². The fourth-order valence-electron chi connectivity index (χ4n) is 1.91. The lowest BCUT2D eigenvalue weighted by molar-refractivity contribution is 0.120. The zero-order chi connectivity index (χ0) is 12.3. The summed E-state index contributed by atoms with van der Waals surface area (Å²) >= 11 is 5.01. The minimum absolute atomic E-state index is 0.275. The highest BCUT2D eigenvalue weighted by atomic mass is 32.1. The van der Waals surface area contributed by atoms with Crippen LogP contribution in [0.5, 0.6) is 0 Å². The van der Waals surface area contributed by atoms with Crippen LogP contribution in [0.25, 0.3) is 0 Å². The first-order chi connectivity index (χ1) is 8.16. The first-order valence-corrected chi connectivity index (χ1v) is 6.20. The second-order valence-corrected chi connectivity index (χ2v) is 4.67. The molecule has 1 atom stereocenters. The Morgan fingerprint density at radius 1 is 1.65 bits per heavy atom.